The molecule has 0 saturated carbocycles. The van der Waals surface area contributed by atoms with E-state index in [9.17, 15) is 14.7 Å². The maximum absolute atomic E-state index is 13.6. The van der Waals surface area contributed by atoms with Gasteiger partial charge >= 0.3 is 5.97 Å². The highest BCUT2D eigenvalue weighted by atomic mass is 32.2. The van der Waals surface area contributed by atoms with Crippen molar-refractivity contribution >= 4 is 39.3 Å². The zero-order chi connectivity index (χ0) is 19.3. The first-order valence-corrected chi connectivity index (χ1v) is 10.6. The molecule has 2 heterocycles. The Bertz CT molecular complexity index is 1130. The molecule has 1 aromatic carbocycles. The summed E-state index contributed by atoms with van der Waals surface area (Å²) in [6.45, 7) is 5.55. The molecule has 27 heavy (non-hydrogen) atoms. The molecule has 4 rings (SSSR count). The number of hydrogen-bond acceptors (Lipinski definition) is 5. The lowest BCUT2D eigenvalue weighted by atomic mass is 10.1. The van der Waals surface area contributed by atoms with Crippen LogP contribution in [0.25, 0.3) is 15.9 Å². The number of aryl methyl sites for hydroxylation is 4. The monoisotopic (exact) mass is 400 g/mol. The molecule has 5 nitrogen and oxygen atoms in total. The molecule has 0 fully saturated rings. The van der Waals surface area contributed by atoms with Gasteiger partial charge in [-0.15, -0.1) is 11.3 Å². The van der Waals surface area contributed by atoms with Crippen molar-refractivity contribution in [2.45, 2.75) is 50.4 Å². The van der Waals surface area contributed by atoms with E-state index >= 15 is 0 Å². The van der Waals surface area contributed by atoms with Gasteiger partial charge in [0.1, 0.15) is 10.1 Å². The van der Waals surface area contributed by atoms with Crippen molar-refractivity contribution in [3.63, 3.8) is 0 Å². The van der Waals surface area contributed by atoms with E-state index in [1.54, 1.807) is 22.8 Å². The molecular weight excluding hydrogens is 380 g/mol. The summed E-state index contributed by atoms with van der Waals surface area (Å²) in [4.78, 5) is 31.7. The quantitative estimate of drug-likeness (QED) is 0.527. The van der Waals surface area contributed by atoms with E-state index in [0.717, 1.165) is 58.2 Å². The van der Waals surface area contributed by atoms with Crippen LogP contribution in [0.4, 0.5) is 0 Å². The fourth-order valence-electron chi connectivity index (χ4n) is 3.49. The maximum atomic E-state index is 13.6. The van der Waals surface area contributed by atoms with E-state index in [2.05, 4.69) is 0 Å². The number of fused-ring (bicyclic) bond motifs is 3. The molecule has 0 spiro atoms. The molecule has 0 radical (unpaired) electrons. The third-order valence-corrected chi connectivity index (χ3v) is 7.17. The van der Waals surface area contributed by atoms with E-state index < -0.39 is 11.2 Å². The molecule has 0 saturated heterocycles. The highest BCUT2D eigenvalue weighted by molar-refractivity contribution is 8.00. The minimum absolute atomic E-state index is 0.0896. The van der Waals surface area contributed by atoms with Gasteiger partial charge in [0.05, 0.1) is 11.1 Å². The van der Waals surface area contributed by atoms with Gasteiger partial charge in [0, 0.05) is 4.88 Å². The molecule has 1 aliphatic rings. The fraction of sp³-hybridized carbons (Fsp3) is 0.350. The first kappa shape index (κ1) is 18.3. The molecule has 0 aliphatic heterocycles. The average Bonchev–Trinajstić information content (AvgIpc) is 3.18. The van der Waals surface area contributed by atoms with Crippen molar-refractivity contribution in [2.75, 3.05) is 0 Å². The van der Waals surface area contributed by atoms with Crippen LogP contribution in [-0.2, 0) is 17.6 Å². The van der Waals surface area contributed by atoms with Gasteiger partial charge in [-0.3, -0.25) is 14.2 Å². The molecule has 0 bridgehead atoms. The minimum atomic E-state index is -0.921. The normalized spacial score (nSPS) is 14.5. The number of nitrogens with zero attached hydrogens (tertiary/aromatic N) is 2. The zero-order valence-electron chi connectivity index (χ0n) is 15.4. The van der Waals surface area contributed by atoms with E-state index in [-0.39, 0.29) is 5.56 Å². The third-order valence-electron chi connectivity index (χ3n) is 4.94. The Hall–Kier alpha value is -2.12. The van der Waals surface area contributed by atoms with Crippen molar-refractivity contribution in [3.05, 3.63) is 50.1 Å². The van der Waals surface area contributed by atoms with Gasteiger partial charge in [-0.2, -0.15) is 0 Å². The van der Waals surface area contributed by atoms with Gasteiger partial charge in [-0.1, -0.05) is 23.9 Å². The van der Waals surface area contributed by atoms with E-state index in [4.69, 9.17) is 4.98 Å². The van der Waals surface area contributed by atoms with Crippen molar-refractivity contribution in [1.29, 1.82) is 0 Å². The minimum Gasteiger partial charge on any atom is -0.480 e. The lowest BCUT2D eigenvalue weighted by molar-refractivity contribution is -0.136. The highest BCUT2D eigenvalue weighted by Crippen LogP contribution is 2.36. The number of thioether (sulfide) groups is 1. The standard InChI is InChI=1S/C20H20N2O3S2/c1-10-7-8-11(2)14(9-10)22-18(23)16-13-5-4-6-15(13)27-17(16)21-20(22)26-12(3)19(24)25/h7-9,12H,4-6H2,1-3H3,(H,24,25). The predicted molar refractivity (Wildman–Crippen MR) is 110 cm³/mol. The number of carboxylic acid groups (broad SMARTS) is 1. The predicted octanol–water partition coefficient (Wildman–Crippen LogP) is 4.12. The Morgan fingerprint density at radius 3 is 2.85 bits per heavy atom. The van der Waals surface area contributed by atoms with Crippen LogP contribution in [-0.4, -0.2) is 25.9 Å². The van der Waals surface area contributed by atoms with Crippen LogP contribution in [0.5, 0.6) is 0 Å². The van der Waals surface area contributed by atoms with Gasteiger partial charge in [0.15, 0.2) is 5.16 Å². The van der Waals surface area contributed by atoms with Crippen molar-refractivity contribution in [1.82, 2.24) is 9.55 Å². The third kappa shape index (κ3) is 3.08. The molecule has 0 amide bonds. The van der Waals surface area contributed by atoms with Gasteiger partial charge in [0.2, 0.25) is 0 Å². The topological polar surface area (TPSA) is 72.2 Å². The number of carboxylic acids is 1. The number of carbonyl (C=O) groups is 1. The summed E-state index contributed by atoms with van der Waals surface area (Å²) in [5.74, 6) is -0.921. The van der Waals surface area contributed by atoms with Crippen LogP contribution in [0.2, 0.25) is 0 Å². The van der Waals surface area contributed by atoms with Crippen molar-refractivity contribution in [3.8, 4) is 5.69 Å². The van der Waals surface area contributed by atoms with Gasteiger partial charge in [-0.25, -0.2) is 4.98 Å². The van der Waals surface area contributed by atoms with Crippen LogP contribution < -0.4 is 5.56 Å². The first-order chi connectivity index (χ1) is 12.9. The second kappa shape index (κ2) is 6.80. The zero-order valence-corrected chi connectivity index (χ0v) is 17.0. The summed E-state index contributed by atoms with van der Waals surface area (Å²) in [5.41, 5.74) is 3.82. The molecular formula is C20H20N2O3S2. The molecule has 3 aromatic rings. The van der Waals surface area contributed by atoms with Crippen LogP contribution in [0.3, 0.4) is 0 Å². The Kier molecular flexibility index (Phi) is 4.60. The van der Waals surface area contributed by atoms with Crippen molar-refractivity contribution in [2.24, 2.45) is 0 Å². The second-order valence-electron chi connectivity index (χ2n) is 6.96. The van der Waals surface area contributed by atoms with Crippen LogP contribution in [0, 0.1) is 13.8 Å². The summed E-state index contributed by atoms with van der Waals surface area (Å²) in [7, 11) is 0. The summed E-state index contributed by atoms with van der Waals surface area (Å²) in [6.07, 6.45) is 2.98. The average molecular weight is 401 g/mol. The summed E-state index contributed by atoms with van der Waals surface area (Å²) < 4.78 is 1.61. The van der Waals surface area contributed by atoms with Crippen LogP contribution in [0.1, 0.15) is 34.9 Å². The number of benzene rings is 1. The maximum Gasteiger partial charge on any atom is 0.316 e. The Morgan fingerprint density at radius 1 is 1.33 bits per heavy atom. The Labute approximate surface area is 165 Å². The molecule has 1 N–H and O–H groups in total. The Balaban J connectivity index is 2.04. The van der Waals surface area contributed by atoms with Gasteiger partial charge < -0.3 is 5.11 Å². The lowest BCUT2D eigenvalue weighted by Crippen LogP contribution is -2.24. The van der Waals surface area contributed by atoms with Crippen molar-refractivity contribution < 1.29 is 9.90 Å². The number of thiophene rings is 1. The summed E-state index contributed by atoms with van der Waals surface area (Å²) in [5, 5.41) is 9.80. The number of aromatic nitrogens is 2. The van der Waals surface area contributed by atoms with Crippen LogP contribution >= 0.6 is 23.1 Å². The SMILES string of the molecule is Cc1ccc(C)c(-n2c(SC(C)C(=O)O)nc3sc4c(c3c2=O)CCC4)c1. The molecule has 140 valence electrons. The summed E-state index contributed by atoms with van der Waals surface area (Å²) >= 11 is 2.69. The molecule has 2 aromatic heterocycles. The van der Waals surface area contributed by atoms with Gasteiger partial charge in [-0.05, 0) is 62.8 Å². The molecule has 7 heteroatoms. The first-order valence-electron chi connectivity index (χ1n) is 8.91. The van der Waals surface area contributed by atoms with Crippen LogP contribution in [0.15, 0.2) is 28.2 Å². The lowest BCUT2D eigenvalue weighted by Gasteiger charge is -2.16. The molecule has 1 unspecified atom stereocenters. The fourth-order valence-corrected chi connectivity index (χ4v) is 5.64. The van der Waals surface area contributed by atoms with Gasteiger partial charge in [0.25, 0.3) is 5.56 Å². The Morgan fingerprint density at radius 2 is 2.11 bits per heavy atom. The number of aliphatic carboxylic acids is 1. The molecule has 1 atom stereocenters. The second-order valence-corrected chi connectivity index (χ2v) is 9.35. The number of hydrogen-bond donors (Lipinski definition) is 1. The van der Waals surface area contributed by atoms with E-state index in [1.807, 2.05) is 32.0 Å². The van der Waals surface area contributed by atoms with E-state index in [1.165, 1.54) is 4.88 Å². The van der Waals surface area contributed by atoms with E-state index in [0.29, 0.717) is 10.5 Å². The highest BCUT2D eigenvalue weighted by Gasteiger charge is 2.26. The number of rotatable bonds is 4. The summed E-state index contributed by atoms with van der Waals surface area (Å²) in [6, 6.07) is 5.95. The smallest absolute Gasteiger partial charge is 0.316 e. The largest absolute Gasteiger partial charge is 0.480 e. The molecule has 1 aliphatic carbocycles.